The molecule has 2 aromatic rings. The summed E-state index contributed by atoms with van der Waals surface area (Å²) >= 11 is 0. The molecular formula is C17H21FN4. The van der Waals surface area contributed by atoms with Gasteiger partial charge in [-0.05, 0) is 37.8 Å². The van der Waals surface area contributed by atoms with Gasteiger partial charge in [-0.15, -0.1) is 0 Å². The van der Waals surface area contributed by atoms with Crippen LogP contribution in [-0.2, 0) is 0 Å². The normalized spacial score (nSPS) is 19.6. The Balaban J connectivity index is 1.73. The van der Waals surface area contributed by atoms with Crippen molar-refractivity contribution in [2.45, 2.75) is 37.6 Å². The van der Waals surface area contributed by atoms with Crippen molar-refractivity contribution < 1.29 is 4.39 Å². The zero-order valence-electron chi connectivity index (χ0n) is 12.6. The Hall–Kier alpha value is -1.88. The third kappa shape index (κ3) is 2.39. The minimum Gasteiger partial charge on any atom is -0.369 e. The summed E-state index contributed by atoms with van der Waals surface area (Å²) in [6, 6.07) is 7.17. The molecule has 4 nitrogen and oxygen atoms in total. The van der Waals surface area contributed by atoms with Gasteiger partial charge in [-0.25, -0.2) is 9.07 Å². The molecule has 0 spiro atoms. The van der Waals surface area contributed by atoms with Crippen molar-refractivity contribution in [2.75, 3.05) is 18.0 Å². The Bertz CT molecular complexity index is 669. The molecule has 4 rings (SSSR count). The van der Waals surface area contributed by atoms with Crippen molar-refractivity contribution in [2.24, 2.45) is 5.73 Å². The number of anilines is 1. The van der Waals surface area contributed by atoms with E-state index in [1.807, 2.05) is 12.3 Å². The van der Waals surface area contributed by atoms with Crippen molar-refractivity contribution in [3.05, 3.63) is 42.0 Å². The number of nitrogens with zero attached hydrogens (tertiary/aromatic N) is 3. The van der Waals surface area contributed by atoms with Crippen molar-refractivity contribution >= 4 is 5.69 Å². The number of rotatable bonds is 3. The van der Waals surface area contributed by atoms with E-state index in [0.29, 0.717) is 17.6 Å². The molecule has 2 aliphatic rings. The number of benzene rings is 1. The van der Waals surface area contributed by atoms with Gasteiger partial charge in [-0.3, -0.25) is 0 Å². The van der Waals surface area contributed by atoms with Crippen LogP contribution < -0.4 is 10.6 Å². The maximum absolute atomic E-state index is 14.2. The topological polar surface area (TPSA) is 47.1 Å². The summed E-state index contributed by atoms with van der Waals surface area (Å²) in [5, 5.41) is 4.51. The summed E-state index contributed by atoms with van der Waals surface area (Å²) < 4.78 is 16.0. The van der Waals surface area contributed by atoms with E-state index >= 15 is 0 Å². The maximum Gasteiger partial charge on any atom is 0.148 e. The molecule has 0 radical (unpaired) electrons. The van der Waals surface area contributed by atoms with E-state index in [9.17, 15) is 4.39 Å². The van der Waals surface area contributed by atoms with Gasteiger partial charge in [-0.2, -0.15) is 5.10 Å². The number of nitrogens with two attached hydrogens (primary N) is 1. The Morgan fingerprint density at radius 3 is 2.45 bits per heavy atom. The van der Waals surface area contributed by atoms with Crippen LogP contribution in [0.2, 0.25) is 0 Å². The highest BCUT2D eigenvalue weighted by Crippen LogP contribution is 2.45. The second kappa shape index (κ2) is 5.39. The van der Waals surface area contributed by atoms with Crippen LogP contribution in [0.1, 0.15) is 37.3 Å². The van der Waals surface area contributed by atoms with Crippen molar-refractivity contribution in [3.63, 3.8) is 0 Å². The van der Waals surface area contributed by atoms with E-state index in [0.717, 1.165) is 31.6 Å². The third-order valence-corrected chi connectivity index (χ3v) is 4.71. The number of hydrogen-bond acceptors (Lipinski definition) is 3. The van der Waals surface area contributed by atoms with Gasteiger partial charge in [0.05, 0.1) is 17.6 Å². The fourth-order valence-electron chi connectivity index (χ4n) is 3.29. The van der Waals surface area contributed by atoms with Gasteiger partial charge in [0.15, 0.2) is 0 Å². The minimum atomic E-state index is -0.222. The average Bonchev–Trinajstić information content (AvgIpc) is 3.28. The first-order valence-electron chi connectivity index (χ1n) is 8.07. The number of piperidine rings is 1. The molecule has 1 aliphatic carbocycles. The summed E-state index contributed by atoms with van der Waals surface area (Å²) in [4.78, 5) is 2.36. The SMILES string of the molecule is NC1CCN(c2cnn(-c3ccccc3F)c2C2CC2)CC1. The van der Waals surface area contributed by atoms with Gasteiger partial charge < -0.3 is 10.6 Å². The summed E-state index contributed by atoms with van der Waals surface area (Å²) in [7, 11) is 0. The standard InChI is InChI=1S/C17H21FN4/c18-14-3-1-2-4-15(14)22-17(12-5-6-12)16(11-20-22)21-9-7-13(19)8-10-21/h1-4,11-13H,5-10,19H2. The zero-order valence-corrected chi connectivity index (χ0v) is 12.6. The first-order valence-corrected chi connectivity index (χ1v) is 8.07. The maximum atomic E-state index is 14.2. The molecule has 1 saturated heterocycles. The lowest BCUT2D eigenvalue weighted by Crippen LogP contribution is -2.39. The number of halogens is 1. The molecule has 116 valence electrons. The average molecular weight is 300 g/mol. The predicted octanol–water partition coefficient (Wildman–Crippen LogP) is 2.82. The molecule has 0 unspecified atom stereocenters. The molecule has 5 heteroatoms. The molecule has 2 heterocycles. The fraction of sp³-hybridized carbons (Fsp3) is 0.471. The monoisotopic (exact) mass is 300 g/mol. The lowest BCUT2D eigenvalue weighted by molar-refractivity contribution is 0.500. The molecule has 0 atom stereocenters. The zero-order chi connectivity index (χ0) is 15.1. The molecule has 22 heavy (non-hydrogen) atoms. The van der Waals surface area contributed by atoms with Gasteiger partial charge in [0.2, 0.25) is 0 Å². The van der Waals surface area contributed by atoms with Gasteiger partial charge in [-0.1, -0.05) is 12.1 Å². The van der Waals surface area contributed by atoms with Crippen LogP contribution in [-0.4, -0.2) is 28.9 Å². The highest BCUT2D eigenvalue weighted by atomic mass is 19.1. The smallest absolute Gasteiger partial charge is 0.148 e. The Kier molecular flexibility index (Phi) is 3.37. The largest absolute Gasteiger partial charge is 0.369 e. The van der Waals surface area contributed by atoms with Crippen molar-refractivity contribution in [1.29, 1.82) is 0 Å². The second-order valence-electron chi connectivity index (χ2n) is 6.38. The van der Waals surface area contributed by atoms with Crippen LogP contribution in [0.25, 0.3) is 5.69 Å². The van der Waals surface area contributed by atoms with E-state index < -0.39 is 0 Å². The molecule has 1 aromatic heterocycles. The summed E-state index contributed by atoms with van der Waals surface area (Å²) in [5.41, 5.74) is 8.88. The van der Waals surface area contributed by atoms with E-state index in [1.54, 1.807) is 16.8 Å². The quantitative estimate of drug-likeness (QED) is 0.948. The Morgan fingerprint density at radius 2 is 1.77 bits per heavy atom. The molecule has 0 bridgehead atoms. The van der Waals surface area contributed by atoms with Crippen LogP contribution >= 0.6 is 0 Å². The third-order valence-electron chi connectivity index (χ3n) is 4.71. The lowest BCUT2D eigenvalue weighted by atomic mass is 10.1. The van der Waals surface area contributed by atoms with Crippen LogP contribution in [0, 0.1) is 5.82 Å². The molecular weight excluding hydrogens is 279 g/mol. The molecule has 1 aromatic carbocycles. The predicted molar refractivity (Wildman–Crippen MR) is 84.9 cm³/mol. The van der Waals surface area contributed by atoms with Crippen LogP contribution in [0.15, 0.2) is 30.5 Å². The second-order valence-corrected chi connectivity index (χ2v) is 6.38. The number of para-hydroxylation sites is 1. The highest BCUT2D eigenvalue weighted by molar-refractivity contribution is 5.55. The molecule has 1 aliphatic heterocycles. The Morgan fingerprint density at radius 1 is 1.05 bits per heavy atom. The van der Waals surface area contributed by atoms with Gasteiger partial charge in [0, 0.05) is 25.0 Å². The molecule has 2 fully saturated rings. The van der Waals surface area contributed by atoms with E-state index in [2.05, 4.69) is 10.00 Å². The highest BCUT2D eigenvalue weighted by Gasteiger charge is 2.33. The van der Waals surface area contributed by atoms with E-state index in [1.165, 1.54) is 24.6 Å². The van der Waals surface area contributed by atoms with Crippen LogP contribution in [0.5, 0.6) is 0 Å². The van der Waals surface area contributed by atoms with Gasteiger partial charge in [0.25, 0.3) is 0 Å². The summed E-state index contributed by atoms with van der Waals surface area (Å²) in [6.07, 6.45) is 6.25. The van der Waals surface area contributed by atoms with Crippen LogP contribution in [0.3, 0.4) is 0 Å². The van der Waals surface area contributed by atoms with Gasteiger partial charge in [0.1, 0.15) is 11.5 Å². The van der Waals surface area contributed by atoms with Crippen LogP contribution in [0.4, 0.5) is 10.1 Å². The van der Waals surface area contributed by atoms with E-state index in [-0.39, 0.29) is 5.82 Å². The lowest BCUT2D eigenvalue weighted by Gasteiger charge is -2.32. The van der Waals surface area contributed by atoms with Gasteiger partial charge >= 0.3 is 0 Å². The van der Waals surface area contributed by atoms with E-state index in [4.69, 9.17) is 5.73 Å². The minimum absolute atomic E-state index is 0.222. The molecule has 0 amide bonds. The Labute approximate surface area is 129 Å². The van der Waals surface area contributed by atoms with Crippen molar-refractivity contribution in [3.8, 4) is 5.69 Å². The first kappa shape index (κ1) is 13.8. The summed E-state index contributed by atoms with van der Waals surface area (Å²) in [5.74, 6) is 0.285. The number of aromatic nitrogens is 2. The first-order chi connectivity index (χ1) is 10.7. The summed E-state index contributed by atoms with van der Waals surface area (Å²) in [6.45, 7) is 1.92. The van der Waals surface area contributed by atoms with Crippen molar-refractivity contribution in [1.82, 2.24) is 9.78 Å². The molecule has 2 N–H and O–H groups in total. The molecule has 1 saturated carbocycles. The fourth-order valence-corrected chi connectivity index (χ4v) is 3.29. The number of hydrogen-bond donors (Lipinski definition) is 1.